The van der Waals surface area contributed by atoms with E-state index >= 15 is 0 Å². The Labute approximate surface area is 68.0 Å². The molecular weight excluding hydrogens is 138 g/mol. The third-order valence-electron chi connectivity index (χ3n) is 3.76. The minimum Gasteiger partial charge on any atom is -0.389 e. The molecule has 2 fully saturated rings. The molecule has 2 heteroatoms. The lowest BCUT2D eigenvalue weighted by molar-refractivity contribution is -0.195. The van der Waals surface area contributed by atoms with Crippen molar-refractivity contribution in [3.8, 4) is 0 Å². The second kappa shape index (κ2) is 1.99. The number of rotatable bonds is 1. The van der Waals surface area contributed by atoms with Gasteiger partial charge in [-0.15, -0.1) is 0 Å². The molecule has 1 aliphatic heterocycles. The molecule has 1 aliphatic carbocycles. The van der Waals surface area contributed by atoms with Gasteiger partial charge in [0.25, 0.3) is 0 Å². The van der Waals surface area contributed by atoms with Crippen molar-refractivity contribution in [3.63, 3.8) is 0 Å². The van der Waals surface area contributed by atoms with Crippen LogP contribution in [-0.4, -0.2) is 23.8 Å². The van der Waals surface area contributed by atoms with E-state index in [4.69, 9.17) is 0 Å². The summed E-state index contributed by atoms with van der Waals surface area (Å²) in [5, 5.41) is 13.4. The molecule has 1 atom stereocenters. The highest BCUT2D eigenvalue weighted by Crippen LogP contribution is 2.54. The molecule has 0 spiro atoms. The van der Waals surface area contributed by atoms with E-state index in [1.54, 1.807) is 0 Å². The van der Waals surface area contributed by atoms with Gasteiger partial charge < -0.3 is 10.4 Å². The van der Waals surface area contributed by atoms with Crippen molar-refractivity contribution < 1.29 is 5.11 Å². The zero-order chi connectivity index (χ0) is 8.11. The van der Waals surface area contributed by atoms with E-state index in [-0.39, 0.29) is 11.0 Å². The molecule has 2 rings (SSSR count). The van der Waals surface area contributed by atoms with Gasteiger partial charge in [-0.05, 0) is 18.3 Å². The zero-order valence-corrected chi connectivity index (χ0v) is 7.35. The molecular formula is C9H17NO. The second-order valence-electron chi connectivity index (χ2n) is 4.66. The van der Waals surface area contributed by atoms with Crippen LogP contribution in [0.4, 0.5) is 0 Å². The number of aliphatic hydroxyl groups is 1. The molecule has 64 valence electrons. The van der Waals surface area contributed by atoms with Crippen LogP contribution in [0.3, 0.4) is 0 Å². The Morgan fingerprint density at radius 1 is 1.27 bits per heavy atom. The summed E-state index contributed by atoms with van der Waals surface area (Å²) in [5.41, 5.74) is -0.183. The van der Waals surface area contributed by atoms with E-state index < -0.39 is 0 Å². The summed E-state index contributed by atoms with van der Waals surface area (Å²) in [5.74, 6) is 0.520. The highest BCUT2D eigenvalue weighted by molar-refractivity contribution is 5.09. The van der Waals surface area contributed by atoms with Crippen LogP contribution in [-0.2, 0) is 0 Å². The van der Waals surface area contributed by atoms with Gasteiger partial charge in [-0.2, -0.15) is 0 Å². The van der Waals surface area contributed by atoms with Crippen molar-refractivity contribution in [2.75, 3.05) is 13.1 Å². The monoisotopic (exact) mass is 155 g/mol. The van der Waals surface area contributed by atoms with E-state index in [0.29, 0.717) is 5.92 Å². The van der Waals surface area contributed by atoms with Crippen LogP contribution in [0.15, 0.2) is 0 Å². The number of hydrogen-bond acceptors (Lipinski definition) is 2. The number of nitrogens with one attached hydrogen (secondary N) is 1. The molecule has 2 nitrogen and oxygen atoms in total. The van der Waals surface area contributed by atoms with Gasteiger partial charge in [0, 0.05) is 19.0 Å². The van der Waals surface area contributed by atoms with Gasteiger partial charge in [0.2, 0.25) is 0 Å². The number of hydrogen-bond donors (Lipinski definition) is 2. The molecule has 1 saturated carbocycles. The Kier molecular flexibility index (Phi) is 1.37. The van der Waals surface area contributed by atoms with Gasteiger partial charge in [-0.25, -0.2) is 0 Å². The maximum absolute atomic E-state index is 10.2. The summed E-state index contributed by atoms with van der Waals surface area (Å²) in [6, 6.07) is 0. The van der Waals surface area contributed by atoms with E-state index in [9.17, 15) is 5.11 Å². The first-order chi connectivity index (χ1) is 5.06. The van der Waals surface area contributed by atoms with Crippen LogP contribution >= 0.6 is 0 Å². The summed E-state index contributed by atoms with van der Waals surface area (Å²) in [4.78, 5) is 0. The van der Waals surface area contributed by atoms with Crippen LogP contribution in [0.2, 0.25) is 0 Å². The molecule has 0 amide bonds. The summed E-state index contributed by atoms with van der Waals surface area (Å²) >= 11 is 0. The van der Waals surface area contributed by atoms with Crippen LogP contribution < -0.4 is 5.32 Å². The first kappa shape index (κ1) is 7.56. The quantitative estimate of drug-likeness (QED) is 0.586. The Morgan fingerprint density at radius 3 is 2.00 bits per heavy atom. The van der Waals surface area contributed by atoms with E-state index in [0.717, 1.165) is 19.5 Å². The zero-order valence-electron chi connectivity index (χ0n) is 7.35. The molecule has 0 bridgehead atoms. The van der Waals surface area contributed by atoms with E-state index in [2.05, 4.69) is 19.2 Å². The van der Waals surface area contributed by atoms with Crippen LogP contribution in [0.5, 0.6) is 0 Å². The van der Waals surface area contributed by atoms with Crippen LogP contribution in [0, 0.1) is 11.3 Å². The Balaban J connectivity index is 2.09. The molecule has 0 radical (unpaired) electrons. The first-order valence-electron chi connectivity index (χ1n) is 4.49. The fraction of sp³-hybridized carbons (Fsp3) is 1.00. The standard InChI is InChI=1S/C9H17NO/c1-8(2)3-4-9(8,11)7-5-10-6-7/h7,10-11H,3-6H2,1-2H3. The van der Waals surface area contributed by atoms with Crippen LogP contribution in [0.25, 0.3) is 0 Å². The smallest absolute Gasteiger partial charge is 0.0750 e. The van der Waals surface area contributed by atoms with Crippen molar-refractivity contribution >= 4 is 0 Å². The minimum absolute atomic E-state index is 0.166. The highest BCUT2D eigenvalue weighted by atomic mass is 16.3. The average molecular weight is 155 g/mol. The average Bonchev–Trinajstić information content (AvgIpc) is 1.81. The predicted octanol–water partition coefficient (Wildman–Crippen LogP) is 0.757. The Hall–Kier alpha value is -0.0800. The van der Waals surface area contributed by atoms with Gasteiger partial charge in [-0.1, -0.05) is 13.8 Å². The normalized spacial score (nSPS) is 42.8. The molecule has 0 aromatic carbocycles. The van der Waals surface area contributed by atoms with Gasteiger partial charge in [0.1, 0.15) is 0 Å². The molecule has 0 aromatic rings. The molecule has 1 heterocycles. The van der Waals surface area contributed by atoms with Crippen LogP contribution in [0.1, 0.15) is 26.7 Å². The lowest BCUT2D eigenvalue weighted by Gasteiger charge is -2.59. The summed E-state index contributed by atoms with van der Waals surface area (Å²) in [6.45, 7) is 6.38. The molecule has 2 N–H and O–H groups in total. The fourth-order valence-electron chi connectivity index (χ4n) is 2.26. The lowest BCUT2D eigenvalue weighted by Crippen LogP contribution is -2.66. The van der Waals surface area contributed by atoms with Crippen molar-refractivity contribution in [2.45, 2.75) is 32.3 Å². The molecule has 11 heavy (non-hydrogen) atoms. The van der Waals surface area contributed by atoms with E-state index in [1.807, 2.05) is 0 Å². The van der Waals surface area contributed by atoms with Crippen molar-refractivity contribution in [1.29, 1.82) is 0 Å². The molecule has 0 aromatic heterocycles. The molecule has 1 saturated heterocycles. The van der Waals surface area contributed by atoms with Gasteiger partial charge in [-0.3, -0.25) is 0 Å². The molecule has 1 unspecified atom stereocenters. The Bertz CT molecular complexity index is 174. The summed E-state index contributed by atoms with van der Waals surface area (Å²) in [6.07, 6.45) is 2.19. The maximum atomic E-state index is 10.2. The highest BCUT2D eigenvalue weighted by Gasteiger charge is 2.57. The summed E-state index contributed by atoms with van der Waals surface area (Å²) < 4.78 is 0. The third kappa shape index (κ3) is 0.798. The van der Waals surface area contributed by atoms with Gasteiger partial charge in [0.15, 0.2) is 0 Å². The van der Waals surface area contributed by atoms with Crippen molar-refractivity contribution in [1.82, 2.24) is 5.32 Å². The lowest BCUT2D eigenvalue weighted by atomic mass is 9.53. The SMILES string of the molecule is CC1(C)CCC1(O)C1CNC1. The largest absolute Gasteiger partial charge is 0.389 e. The Morgan fingerprint density at radius 2 is 1.91 bits per heavy atom. The van der Waals surface area contributed by atoms with Crippen molar-refractivity contribution in [3.05, 3.63) is 0 Å². The minimum atomic E-state index is -0.349. The second-order valence-corrected chi connectivity index (χ2v) is 4.66. The predicted molar refractivity (Wildman–Crippen MR) is 44.3 cm³/mol. The van der Waals surface area contributed by atoms with Crippen molar-refractivity contribution in [2.24, 2.45) is 11.3 Å². The third-order valence-corrected chi connectivity index (χ3v) is 3.76. The molecule has 2 aliphatic rings. The van der Waals surface area contributed by atoms with Gasteiger partial charge in [0.05, 0.1) is 5.60 Å². The van der Waals surface area contributed by atoms with Gasteiger partial charge >= 0.3 is 0 Å². The maximum Gasteiger partial charge on any atom is 0.0750 e. The summed E-state index contributed by atoms with van der Waals surface area (Å²) in [7, 11) is 0. The van der Waals surface area contributed by atoms with E-state index in [1.165, 1.54) is 6.42 Å². The fourth-order valence-corrected chi connectivity index (χ4v) is 2.26. The first-order valence-corrected chi connectivity index (χ1v) is 4.49. The topological polar surface area (TPSA) is 32.3 Å².